The summed E-state index contributed by atoms with van der Waals surface area (Å²) in [4.78, 5) is 10.5. The van der Waals surface area contributed by atoms with Gasteiger partial charge in [0.1, 0.15) is 6.79 Å². The zero-order valence-corrected chi connectivity index (χ0v) is 6.65. The molecule has 3 nitrogen and oxygen atoms in total. The van der Waals surface area contributed by atoms with E-state index in [1.807, 2.05) is 0 Å². The average Bonchev–Trinajstić information content (AvgIpc) is 2.34. The minimum absolute atomic E-state index is 0.119. The van der Waals surface area contributed by atoms with Crippen LogP contribution < -0.4 is 0 Å². The summed E-state index contributed by atoms with van der Waals surface area (Å²) in [5.41, 5.74) is 0. The minimum atomic E-state index is 0.119. The van der Waals surface area contributed by atoms with Crippen LogP contribution in [0.2, 0.25) is 0 Å². The van der Waals surface area contributed by atoms with Crippen LogP contribution in [0, 0.1) is 0 Å². The van der Waals surface area contributed by atoms with Crippen molar-refractivity contribution >= 4 is 16.9 Å². The molecule has 1 saturated heterocycles. The second kappa shape index (κ2) is 3.95. The van der Waals surface area contributed by atoms with Crippen LogP contribution in [-0.4, -0.2) is 30.4 Å². The Balaban J connectivity index is 2.07. The third kappa shape index (κ3) is 2.68. The summed E-state index contributed by atoms with van der Waals surface area (Å²) < 4.78 is 10.1. The summed E-state index contributed by atoms with van der Waals surface area (Å²) in [5, 5.41) is 0.135. The van der Waals surface area contributed by atoms with Crippen molar-refractivity contribution in [3.05, 3.63) is 0 Å². The fourth-order valence-electron chi connectivity index (χ4n) is 0.679. The molecule has 10 heavy (non-hydrogen) atoms. The number of ether oxygens (including phenoxy) is 2. The molecule has 0 aliphatic carbocycles. The van der Waals surface area contributed by atoms with E-state index in [4.69, 9.17) is 9.47 Å². The van der Waals surface area contributed by atoms with Crippen molar-refractivity contribution in [2.45, 2.75) is 13.0 Å². The van der Waals surface area contributed by atoms with Crippen molar-refractivity contribution in [3.8, 4) is 0 Å². The topological polar surface area (TPSA) is 35.5 Å². The molecule has 1 aliphatic heterocycles. The van der Waals surface area contributed by atoms with Crippen LogP contribution >= 0.6 is 11.8 Å². The lowest BCUT2D eigenvalue weighted by Crippen LogP contribution is -2.13. The first kappa shape index (κ1) is 8.04. The maximum Gasteiger partial charge on any atom is 0.185 e. The van der Waals surface area contributed by atoms with Crippen LogP contribution in [0.1, 0.15) is 6.92 Å². The molecule has 0 aromatic rings. The second-order valence-corrected chi connectivity index (χ2v) is 3.28. The van der Waals surface area contributed by atoms with Crippen LogP contribution in [0.25, 0.3) is 0 Å². The van der Waals surface area contributed by atoms with Crippen molar-refractivity contribution < 1.29 is 14.3 Å². The molecule has 1 aliphatic rings. The molecular formula is C6H10O3S. The Morgan fingerprint density at radius 2 is 2.60 bits per heavy atom. The second-order valence-electron chi connectivity index (χ2n) is 2.08. The van der Waals surface area contributed by atoms with Gasteiger partial charge in [0.15, 0.2) is 5.12 Å². The molecule has 1 heterocycles. The molecule has 0 aromatic carbocycles. The molecule has 4 heteroatoms. The van der Waals surface area contributed by atoms with E-state index in [9.17, 15) is 4.79 Å². The predicted octanol–water partition coefficient (Wildman–Crippen LogP) is 0.639. The molecule has 0 spiro atoms. The smallest absolute Gasteiger partial charge is 0.185 e. The van der Waals surface area contributed by atoms with Crippen LogP contribution in [0.5, 0.6) is 0 Å². The highest BCUT2D eigenvalue weighted by Crippen LogP contribution is 2.10. The number of carbonyl (C=O) groups is 1. The summed E-state index contributed by atoms with van der Waals surface area (Å²) >= 11 is 1.28. The van der Waals surface area contributed by atoms with Gasteiger partial charge in [-0.25, -0.2) is 0 Å². The van der Waals surface area contributed by atoms with Gasteiger partial charge in [-0.15, -0.1) is 0 Å². The van der Waals surface area contributed by atoms with Gasteiger partial charge in [0, 0.05) is 12.7 Å². The van der Waals surface area contributed by atoms with E-state index in [-0.39, 0.29) is 11.2 Å². The van der Waals surface area contributed by atoms with Crippen LogP contribution in [0.4, 0.5) is 0 Å². The summed E-state index contributed by atoms with van der Waals surface area (Å²) in [6.45, 7) is 2.56. The maximum absolute atomic E-state index is 10.5. The van der Waals surface area contributed by atoms with E-state index in [0.29, 0.717) is 13.4 Å². The molecule has 1 fully saturated rings. The molecule has 0 amide bonds. The van der Waals surface area contributed by atoms with Gasteiger partial charge in [-0.3, -0.25) is 4.79 Å². The van der Waals surface area contributed by atoms with Crippen LogP contribution in [0.15, 0.2) is 0 Å². The van der Waals surface area contributed by atoms with Crippen molar-refractivity contribution in [2.24, 2.45) is 0 Å². The van der Waals surface area contributed by atoms with Gasteiger partial charge < -0.3 is 9.47 Å². The molecule has 1 atom stereocenters. The summed E-state index contributed by atoms with van der Waals surface area (Å²) in [6, 6.07) is 0. The van der Waals surface area contributed by atoms with E-state index in [0.717, 1.165) is 5.75 Å². The van der Waals surface area contributed by atoms with E-state index >= 15 is 0 Å². The van der Waals surface area contributed by atoms with Gasteiger partial charge in [0.05, 0.1) is 12.7 Å². The number of hydrogen-bond acceptors (Lipinski definition) is 4. The Morgan fingerprint density at radius 3 is 3.10 bits per heavy atom. The lowest BCUT2D eigenvalue weighted by molar-refractivity contribution is -0.109. The molecule has 0 aromatic heterocycles. The Labute approximate surface area is 64.1 Å². The lowest BCUT2D eigenvalue weighted by Gasteiger charge is -2.02. The van der Waals surface area contributed by atoms with Crippen LogP contribution in [0.3, 0.4) is 0 Å². The van der Waals surface area contributed by atoms with E-state index < -0.39 is 0 Å². The number of rotatable bonds is 2. The van der Waals surface area contributed by atoms with Crippen molar-refractivity contribution in [1.82, 2.24) is 0 Å². The first-order chi connectivity index (χ1) is 4.79. The third-order valence-corrected chi connectivity index (χ3v) is 2.11. The standard InChI is InChI=1S/C6H10O3S/c1-5(7)10-3-6-2-8-4-9-6/h6H,2-4H2,1H3. The molecular weight excluding hydrogens is 152 g/mol. The summed E-state index contributed by atoms with van der Waals surface area (Å²) in [5.74, 6) is 0.718. The first-order valence-electron chi connectivity index (χ1n) is 3.12. The van der Waals surface area contributed by atoms with Crippen molar-refractivity contribution in [1.29, 1.82) is 0 Å². The highest BCUT2D eigenvalue weighted by Gasteiger charge is 2.16. The van der Waals surface area contributed by atoms with Gasteiger partial charge in [-0.1, -0.05) is 11.8 Å². The van der Waals surface area contributed by atoms with Gasteiger partial charge in [-0.2, -0.15) is 0 Å². The van der Waals surface area contributed by atoms with Gasteiger partial charge in [-0.05, 0) is 0 Å². The van der Waals surface area contributed by atoms with E-state index in [1.165, 1.54) is 11.8 Å². The SMILES string of the molecule is CC(=O)SCC1COCO1. The fourth-order valence-corrected chi connectivity index (χ4v) is 1.29. The highest BCUT2D eigenvalue weighted by atomic mass is 32.2. The number of carbonyl (C=O) groups excluding carboxylic acids is 1. The quantitative estimate of drug-likeness (QED) is 0.597. The Morgan fingerprint density at radius 1 is 1.80 bits per heavy atom. The Bertz CT molecular complexity index is 120. The summed E-state index contributed by atoms with van der Waals surface area (Å²) in [7, 11) is 0. The molecule has 1 unspecified atom stereocenters. The van der Waals surface area contributed by atoms with Gasteiger partial charge in [0.2, 0.25) is 0 Å². The first-order valence-corrected chi connectivity index (χ1v) is 4.10. The largest absolute Gasteiger partial charge is 0.353 e. The van der Waals surface area contributed by atoms with Crippen molar-refractivity contribution in [3.63, 3.8) is 0 Å². The molecule has 0 N–H and O–H groups in total. The molecule has 58 valence electrons. The normalized spacial score (nSPS) is 25.1. The Kier molecular flexibility index (Phi) is 3.18. The van der Waals surface area contributed by atoms with E-state index in [1.54, 1.807) is 6.92 Å². The van der Waals surface area contributed by atoms with Crippen molar-refractivity contribution in [2.75, 3.05) is 19.2 Å². The zero-order chi connectivity index (χ0) is 7.40. The number of thioether (sulfide) groups is 1. The number of hydrogen-bond donors (Lipinski definition) is 0. The fraction of sp³-hybridized carbons (Fsp3) is 0.833. The minimum Gasteiger partial charge on any atom is -0.353 e. The highest BCUT2D eigenvalue weighted by molar-refractivity contribution is 8.13. The Hall–Kier alpha value is -0.0600. The average molecular weight is 162 g/mol. The van der Waals surface area contributed by atoms with Crippen LogP contribution in [-0.2, 0) is 14.3 Å². The van der Waals surface area contributed by atoms with E-state index in [2.05, 4.69) is 0 Å². The monoisotopic (exact) mass is 162 g/mol. The molecule has 0 bridgehead atoms. The zero-order valence-electron chi connectivity index (χ0n) is 5.83. The van der Waals surface area contributed by atoms with Gasteiger partial charge in [0.25, 0.3) is 0 Å². The predicted molar refractivity (Wildman–Crippen MR) is 38.8 cm³/mol. The molecule has 0 saturated carbocycles. The van der Waals surface area contributed by atoms with Gasteiger partial charge >= 0.3 is 0 Å². The lowest BCUT2D eigenvalue weighted by atomic mass is 10.4. The summed E-state index contributed by atoms with van der Waals surface area (Å²) in [6.07, 6.45) is 0.119. The third-order valence-electron chi connectivity index (χ3n) is 1.16. The molecule has 1 rings (SSSR count). The maximum atomic E-state index is 10.5. The molecule has 0 radical (unpaired) electrons.